The van der Waals surface area contributed by atoms with Crippen LogP contribution >= 0.6 is 0 Å². The fourth-order valence-electron chi connectivity index (χ4n) is 12.1. The Hall–Kier alpha value is -9.55. The summed E-state index contributed by atoms with van der Waals surface area (Å²) in [6, 6.07) is 95.7. The van der Waals surface area contributed by atoms with Gasteiger partial charge in [-0.1, -0.05) is 231 Å². The van der Waals surface area contributed by atoms with Gasteiger partial charge < -0.3 is 14.2 Å². The number of halogens is 1. The average molecular weight is 1010 g/mol. The molecule has 0 N–H and O–H groups in total. The van der Waals surface area contributed by atoms with Crippen molar-refractivity contribution in [2.45, 2.75) is 13.1 Å². The number of furan rings is 1. The predicted octanol–water partition coefficient (Wildman–Crippen LogP) is 19.3. The first-order chi connectivity index (χ1) is 37.9. The first-order valence-corrected chi connectivity index (χ1v) is 29.4. The van der Waals surface area contributed by atoms with Gasteiger partial charge in [0.2, 0.25) is 0 Å². The van der Waals surface area contributed by atoms with Gasteiger partial charge in [-0.25, -0.2) is 4.39 Å². The van der Waals surface area contributed by atoms with Crippen LogP contribution in [0.5, 0.6) is 0 Å². The quantitative estimate of drug-likeness (QED) is 0.127. The van der Waals surface area contributed by atoms with Gasteiger partial charge in [-0.15, -0.1) is 0 Å². The molecule has 0 spiro atoms. The molecule has 1 aliphatic heterocycles. The van der Waals surface area contributed by atoms with Crippen molar-refractivity contribution >= 4 is 85.3 Å². The smallest absolute Gasteiger partial charge is 0.159 e. The Morgan fingerprint density at radius 2 is 0.857 bits per heavy atom. The highest BCUT2D eigenvalue weighted by atomic mass is 28.3. The molecule has 3 nitrogen and oxygen atoms in total. The Labute approximate surface area is 449 Å². The maximum Gasteiger partial charge on any atom is 0.159 e. The monoisotopic (exact) mass is 1010 g/mol. The minimum absolute atomic E-state index is 0.308. The molecule has 77 heavy (non-hydrogen) atoms. The summed E-state index contributed by atoms with van der Waals surface area (Å²) in [6.45, 7) is 4.97. The summed E-state index contributed by atoms with van der Waals surface area (Å²) >= 11 is 0. The largest absolute Gasteiger partial charge is 0.454 e. The van der Waals surface area contributed by atoms with Gasteiger partial charge in [-0.3, -0.25) is 0 Å². The van der Waals surface area contributed by atoms with Crippen LogP contribution in [0.15, 0.2) is 277 Å². The molecule has 0 unspecified atom stereocenters. The molecule has 5 heteroatoms. The van der Waals surface area contributed by atoms with E-state index in [4.69, 9.17) is 4.42 Å². The lowest BCUT2D eigenvalue weighted by molar-refractivity contribution is 0.630. The van der Waals surface area contributed by atoms with Crippen LogP contribution in [-0.2, 0) is 0 Å². The van der Waals surface area contributed by atoms with Gasteiger partial charge in [0.25, 0.3) is 0 Å². The number of benzene rings is 12. The fraction of sp³-hybridized carbons (Fsp3) is 0.0278. The third-order valence-corrected chi connectivity index (χ3v) is 19.2. The number of para-hydroxylation sites is 4. The Bertz CT molecular complexity index is 4380. The van der Waals surface area contributed by atoms with Crippen molar-refractivity contribution in [1.29, 1.82) is 0 Å². The van der Waals surface area contributed by atoms with E-state index in [1.165, 1.54) is 26.9 Å². The first-order valence-electron chi connectivity index (χ1n) is 26.4. The highest BCUT2D eigenvalue weighted by Crippen LogP contribution is 2.51. The van der Waals surface area contributed by atoms with E-state index in [1.807, 2.05) is 60.7 Å². The number of anilines is 6. The number of hydrogen-bond donors (Lipinski definition) is 0. The van der Waals surface area contributed by atoms with Crippen molar-refractivity contribution in [3.8, 4) is 55.6 Å². The van der Waals surface area contributed by atoms with E-state index in [9.17, 15) is 0 Å². The summed E-state index contributed by atoms with van der Waals surface area (Å²) in [6.07, 6.45) is 0. The Morgan fingerprint density at radius 3 is 1.53 bits per heavy atom. The van der Waals surface area contributed by atoms with E-state index in [1.54, 1.807) is 6.07 Å². The third-order valence-electron chi connectivity index (χ3n) is 15.7. The van der Waals surface area contributed by atoms with Crippen molar-refractivity contribution in [1.82, 2.24) is 0 Å². The minimum Gasteiger partial charge on any atom is -0.454 e. The molecule has 2 heterocycles. The van der Waals surface area contributed by atoms with Crippen molar-refractivity contribution in [3.05, 3.63) is 279 Å². The summed E-state index contributed by atoms with van der Waals surface area (Å²) < 4.78 is 25.0. The van der Waals surface area contributed by atoms with Crippen LogP contribution in [0.3, 0.4) is 0 Å². The molecule has 13 aromatic rings. The van der Waals surface area contributed by atoms with Crippen LogP contribution in [0.2, 0.25) is 13.1 Å². The molecule has 12 aromatic carbocycles. The van der Waals surface area contributed by atoms with E-state index >= 15 is 4.39 Å². The van der Waals surface area contributed by atoms with Crippen LogP contribution in [0.1, 0.15) is 0 Å². The minimum atomic E-state index is -2.54. The molecule has 0 saturated heterocycles. The lowest BCUT2D eigenvalue weighted by atomic mass is 9.92. The van der Waals surface area contributed by atoms with Gasteiger partial charge >= 0.3 is 0 Å². The molecule has 0 amide bonds. The molecule has 0 atom stereocenters. The van der Waals surface area contributed by atoms with Crippen molar-refractivity contribution < 1.29 is 8.81 Å². The molecule has 0 saturated carbocycles. The van der Waals surface area contributed by atoms with Crippen LogP contribution in [0, 0.1) is 5.82 Å². The van der Waals surface area contributed by atoms with Gasteiger partial charge in [0.05, 0.1) is 28.4 Å². The van der Waals surface area contributed by atoms with Gasteiger partial charge in [0, 0.05) is 38.5 Å². The van der Waals surface area contributed by atoms with Crippen molar-refractivity contribution in [3.63, 3.8) is 0 Å². The zero-order valence-corrected chi connectivity index (χ0v) is 43.7. The van der Waals surface area contributed by atoms with Crippen molar-refractivity contribution in [2.24, 2.45) is 0 Å². The second-order valence-corrected chi connectivity index (χ2v) is 24.8. The molecule has 0 aliphatic carbocycles. The molecule has 0 radical (unpaired) electrons. The zero-order chi connectivity index (χ0) is 51.6. The number of fused-ring (bicyclic) bond motifs is 5. The second kappa shape index (κ2) is 18.7. The van der Waals surface area contributed by atoms with E-state index < -0.39 is 8.07 Å². The lowest BCUT2D eigenvalue weighted by Crippen LogP contribution is -2.56. The predicted molar refractivity (Wildman–Crippen MR) is 324 cm³/mol. The van der Waals surface area contributed by atoms with Gasteiger partial charge in [0.15, 0.2) is 5.58 Å². The molecular weight excluding hydrogens is 956 g/mol. The van der Waals surface area contributed by atoms with Crippen LogP contribution < -0.4 is 20.2 Å². The van der Waals surface area contributed by atoms with E-state index in [-0.39, 0.29) is 5.82 Å². The van der Waals surface area contributed by atoms with Crippen LogP contribution in [0.25, 0.3) is 88.3 Å². The summed E-state index contributed by atoms with van der Waals surface area (Å²) in [4.78, 5) is 4.60. The Kier molecular flexibility index (Phi) is 11.2. The molecule has 1 aliphatic rings. The normalized spacial score (nSPS) is 12.5. The topological polar surface area (TPSA) is 19.6 Å². The maximum atomic E-state index is 18.2. The standard InChI is InChI=1S/C72H51FN2OSi/c1-77(2)68-40-22-35-60-65(75(64-37-19-16-32-55(64)50-27-11-5-12-28-50)71-61(51-29-13-6-14-30-51)45-52(46-62(71)73)48-23-7-3-8-24-48)44-43-58(70(60)68)57-42-41-53(47-69(57)77)74(63-36-18-15-31-54(63)49-25-9-4-10-26-49)66-38-21-34-59-56-33-17-20-39-67(56)76-72(59)66/h3-47H,1-2H3. The van der Waals surface area contributed by atoms with Gasteiger partial charge in [-0.05, 0) is 109 Å². The zero-order valence-electron chi connectivity index (χ0n) is 42.7. The lowest BCUT2D eigenvalue weighted by Gasteiger charge is -2.37. The second-order valence-electron chi connectivity index (χ2n) is 20.5. The highest BCUT2D eigenvalue weighted by Gasteiger charge is 2.38. The molecular formula is C72H51FN2OSi. The van der Waals surface area contributed by atoms with E-state index in [0.29, 0.717) is 5.69 Å². The van der Waals surface area contributed by atoms with Crippen LogP contribution in [0.4, 0.5) is 38.5 Å². The summed E-state index contributed by atoms with van der Waals surface area (Å²) in [5.41, 5.74) is 17.3. The number of nitrogens with zero attached hydrogens (tertiary/aromatic N) is 2. The van der Waals surface area contributed by atoms with E-state index in [0.717, 1.165) is 100 Å². The SMILES string of the molecule is C[Si]1(C)c2cc(N(c3ccccc3-c3ccccc3)c3cccc4c3oc3ccccc34)ccc2-c2ccc(N(c3ccccc3-c3ccccc3)c3c(F)cc(-c4ccccc4)cc3-c3ccccc3)c3cccc1c23. The fourth-order valence-corrected chi connectivity index (χ4v) is 15.2. The highest BCUT2D eigenvalue weighted by molar-refractivity contribution is 7.03. The maximum absolute atomic E-state index is 18.2. The first kappa shape index (κ1) is 46.0. The molecule has 366 valence electrons. The van der Waals surface area contributed by atoms with Crippen molar-refractivity contribution in [2.75, 3.05) is 9.80 Å². The number of hydrogen-bond acceptors (Lipinski definition) is 3. The summed E-state index contributed by atoms with van der Waals surface area (Å²) in [5.74, 6) is -0.308. The molecule has 0 fully saturated rings. The average Bonchev–Trinajstić information content (AvgIpc) is 4.00. The summed E-state index contributed by atoms with van der Waals surface area (Å²) in [7, 11) is -2.54. The molecule has 1 aromatic heterocycles. The van der Waals surface area contributed by atoms with Gasteiger partial charge in [-0.2, -0.15) is 0 Å². The van der Waals surface area contributed by atoms with Crippen LogP contribution in [-0.4, -0.2) is 8.07 Å². The van der Waals surface area contributed by atoms with E-state index in [2.05, 4.69) is 229 Å². The molecule has 0 bridgehead atoms. The van der Waals surface area contributed by atoms with Gasteiger partial charge in [0.1, 0.15) is 19.5 Å². The Morgan fingerprint density at radius 1 is 0.338 bits per heavy atom. The molecule has 14 rings (SSSR count). The number of rotatable bonds is 10. The summed E-state index contributed by atoms with van der Waals surface area (Å²) in [5, 5.41) is 7.14. The third kappa shape index (κ3) is 7.69. The Balaban J connectivity index is 1.00.